The Morgan fingerprint density at radius 1 is 1.09 bits per heavy atom. The van der Waals surface area contributed by atoms with E-state index in [2.05, 4.69) is 24.8 Å². The zero-order valence-corrected chi connectivity index (χ0v) is 18.8. The molecule has 2 aliphatic heterocycles. The molecule has 2 saturated heterocycles. The van der Waals surface area contributed by atoms with Crippen molar-refractivity contribution in [2.75, 3.05) is 36.0 Å². The fourth-order valence-corrected chi connectivity index (χ4v) is 5.36. The molecule has 2 aliphatic rings. The molecule has 3 aromatic heterocycles. The molecule has 0 spiro atoms. The van der Waals surface area contributed by atoms with Gasteiger partial charge in [-0.05, 0) is 49.6 Å². The molecule has 6 rings (SSSR count). The van der Waals surface area contributed by atoms with E-state index in [0.29, 0.717) is 12.2 Å². The number of fused-ring (bicyclic) bond motifs is 2. The van der Waals surface area contributed by atoms with E-state index in [1.54, 1.807) is 17.4 Å². The number of halogens is 2. The number of hydrogen-bond acceptors (Lipinski definition) is 6. The summed E-state index contributed by atoms with van der Waals surface area (Å²) in [5.74, 6) is -1.84. The number of pyridine rings is 1. The lowest BCUT2D eigenvalue weighted by molar-refractivity contribution is 0.0257. The molecule has 0 saturated carbocycles. The second kappa shape index (κ2) is 7.75. The van der Waals surface area contributed by atoms with E-state index in [1.165, 1.54) is 0 Å². The molecule has 4 aromatic rings. The van der Waals surface area contributed by atoms with Crippen molar-refractivity contribution < 1.29 is 8.78 Å². The van der Waals surface area contributed by atoms with Crippen molar-refractivity contribution in [1.82, 2.24) is 24.5 Å². The number of anilines is 2. The highest BCUT2D eigenvalue weighted by Crippen LogP contribution is 2.36. The Morgan fingerprint density at radius 2 is 1.91 bits per heavy atom. The van der Waals surface area contributed by atoms with Crippen molar-refractivity contribution >= 4 is 33.6 Å². The average molecular weight is 466 g/mol. The highest BCUT2D eigenvalue weighted by molar-refractivity contribution is 5.94. The van der Waals surface area contributed by atoms with Gasteiger partial charge in [0.05, 0.1) is 17.6 Å². The van der Waals surface area contributed by atoms with Crippen molar-refractivity contribution in [3.05, 3.63) is 52.8 Å². The van der Waals surface area contributed by atoms with Gasteiger partial charge in [-0.1, -0.05) is 0 Å². The Hall–Kier alpha value is -3.56. The Kier molecular flexibility index (Phi) is 4.79. The lowest BCUT2D eigenvalue weighted by Crippen LogP contribution is -2.37. The first-order chi connectivity index (χ1) is 16.4. The van der Waals surface area contributed by atoms with Crippen LogP contribution in [0.5, 0.6) is 0 Å². The summed E-state index contributed by atoms with van der Waals surface area (Å²) in [5, 5.41) is 0.875. The fraction of sp³-hybridized carbons (Fsp3) is 0.417. The van der Waals surface area contributed by atoms with Gasteiger partial charge < -0.3 is 9.80 Å². The van der Waals surface area contributed by atoms with Crippen molar-refractivity contribution in [3.63, 3.8) is 0 Å². The van der Waals surface area contributed by atoms with Gasteiger partial charge in [-0.3, -0.25) is 9.55 Å². The molecule has 0 radical (unpaired) electrons. The first kappa shape index (κ1) is 21.0. The second-order valence-electron chi connectivity index (χ2n) is 9.27. The van der Waals surface area contributed by atoms with Crippen LogP contribution in [0.3, 0.4) is 0 Å². The number of rotatable bonds is 3. The fourth-order valence-electron chi connectivity index (χ4n) is 5.36. The van der Waals surface area contributed by atoms with Crippen LogP contribution in [0.15, 0.2) is 41.6 Å². The molecule has 1 aromatic carbocycles. The first-order valence-corrected chi connectivity index (χ1v) is 11.6. The van der Waals surface area contributed by atoms with Crippen LogP contribution in [0.1, 0.15) is 30.9 Å². The third-order valence-electron chi connectivity index (χ3n) is 7.05. The molecule has 10 heteroatoms. The quantitative estimate of drug-likeness (QED) is 0.497. The van der Waals surface area contributed by atoms with Crippen LogP contribution in [0.25, 0.3) is 22.1 Å². The number of imidazole rings is 1. The van der Waals surface area contributed by atoms with Crippen LogP contribution >= 0.6 is 0 Å². The summed E-state index contributed by atoms with van der Waals surface area (Å²) < 4.78 is 29.5. The highest BCUT2D eigenvalue weighted by atomic mass is 19.3. The maximum Gasteiger partial charge on any atom is 0.327 e. The number of nitrogens with zero attached hydrogens (tertiary/aromatic N) is 6. The van der Waals surface area contributed by atoms with Gasteiger partial charge in [0, 0.05) is 49.4 Å². The monoisotopic (exact) mass is 465 g/mol. The Morgan fingerprint density at radius 3 is 2.68 bits per heavy atom. The molecule has 0 unspecified atom stereocenters. The van der Waals surface area contributed by atoms with Crippen LogP contribution in [-0.2, 0) is 0 Å². The van der Waals surface area contributed by atoms with Gasteiger partial charge in [-0.25, -0.2) is 28.5 Å². The van der Waals surface area contributed by atoms with E-state index in [-0.39, 0.29) is 24.7 Å². The third-order valence-corrected chi connectivity index (χ3v) is 7.05. The molecule has 1 N–H and O–H groups in total. The van der Waals surface area contributed by atoms with Crippen molar-refractivity contribution in [3.8, 4) is 0 Å². The van der Waals surface area contributed by atoms with E-state index in [4.69, 9.17) is 0 Å². The van der Waals surface area contributed by atoms with Crippen LogP contribution in [0, 0.1) is 6.92 Å². The lowest BCUT2D eigenvalue weighted by atomic mass is 10.0. The summed E-state index contributed by atoms with van der Waals surface area (Å²) in [6.07, 6.45) is 4.67. The van der Waals surface area contributed by atoms with Crippen molar-refractivity contribution in [2.45, 2.75) is 38.2 Å². The first-order valence-electron chi connectivity index (χ1n) is 11.6. The number of alkyl halides is 2. The molecule has 34 heavy (non-hydrogen) atoms. The highest BCUT2D eigenvalue weighted by Gasteiger charge is 2.38. The van der Waals surface area contributed by atoms with Crippen LogP contribution < -0.4 is 15.5 Å². The topological polar surface area (TPSA) is 82.9 Å². The van der Waals surface area contributed by atoms with Crippen molar-refractivity contribution in [1.29, 1.82) is 0 Å². The largest absolute Gasteiger partial charge is 0.365 e. The van der Waals surface area contributed by atoms with Gasteiger partial charge >= 0.3 is 5.69 Å². The molecule has 0 bridgehead atoms. The SMILES string of the molecule is Cc1cc(N2CCC(F)(F)C2)cc2c(N3CCC(n4c(=O)[nH]c5ncccc54)CC3)ncnc12. The number of nitrogens with one attached hydrogen (secondary N) is 1. The molecule has 176 valence electrons. The normalized spacial score (nSPS) is 18.9. The molecule has 0 amide bonds. The molecular weight excluding hydrogens is 440 g/mol. The van der Waals surface area contributed by atoms with Crippen molar-refractivity contribution in [2.24, 2.45) is 0 Å². The van der Waals surface area contributed by atoms with Crippen LogP contribution in [0.4, 0.5) is 20.3 Å². The average Bonchev–Trinajstić information content (AvgIpc) is 3.37. The molecule has 2 fully saturated rings. The van der Waals surface area contributed by atoms with E-state index in [1.807, 2.05) is 35.8 Å². The Labute approximate surface area is 194 Å². The minimum Gasteiger partial charge on any atom is -0.365 e. The number of aromatic nitrogens is 5. The summed E-state index contributed by atoms with van der Waals surface area (Å²) in [4.78, 5) is 32.7. The molecule has 0 atom stereocenters. The minimum absolute atomic E-state index is 0.0685. The zero-order valence-electron chi connectivity index (χ0n) is 18.8. The minimum atomic E-state index is -2.66. The summed E-state index contributed by atoms with van der Waals surface area (Å²) in [5.41, 5.74) is 3.85. The van der Waals surface area contributed by atoms with Gasteiger partial charge in [0.15, 0.2) is 5.65 Å². The summed E-state index contributed by atoms with van der Waals surface area (Å²) in [7, 11) is 0. The van der Waals surface area contributed by atoms with Crippen LogP contribution in [0.2, 0.25) is 0 Å². The summed E-state index contributed by atoms with van der Waals surface area (Å²) in [6, 6.07) is 7.70. The molecule has 5 heterocycles. The number of H-pyrrole nitrogens is 1. The summed E-state index contributed by atoms with van der Waals surface area (Å²) >= 11 is 0. The molecule has 0 aliphatic carbocycles. The number of aryl methyl sites for hydroxylation is 1. The van der Waals surface area contributed by atoms with E-state index < -0.39 is 5.92 Å². The number of benzene rings is 1. The second-order valence-corrected chi connectivity index (χ2v) is 9.27. The van der Waals surface area contributed by atoms with Gasteiger partial charge in [0.2, 0.25) is 0 Å². The zero-order chi connectivity index (χ0) is 23.4. The molecular formula is C24H25F2N7O. The maximum atomic E-state index is 13.8. The van der Waals surface area contributed by atoms with Gasteiger partial charge in [0.25, 0.3) is 5.92 Å². The van der Waals surface area contributed by atoms with Gasteiger partial charge in [0.1, 0.15) is 12.1 Å². The smallest absolute Gasteiger partial charge is 0.327 e. The third kappa shape index (κ3) is 3.48. The standard InChI is InChI=1S/C24H25F2N7O/c1-15-11-17(32-10-6-24(25,26)13-32)12-18-20(15)28-14-29-22(18)31-8-4-16(5-9-31)33-19-3-2-7-27-21(19)30-23(33)34/h2-3,7,11-12,14,16H,4-6,8-10,13H2,1H3,(H,27,30,34). The predicted octanol–water partition coefficient (Wildman–Crippen LogP) is 3.66. The maximum absolute atomic E-state index is 13.8. The summed E-state index contributed by atoms with van der Waals surface area (Å²) in [6.45, 7) is 3.48. The van der Waals surface area contributed by atoms with Crippen LogP contribution in [-0.4, -0.2) is 56.6 Å². The van der Waals surface area contributed by atoms with E-state index in [0.717, 1.165) is 59.4 Å². The van der Waals surface area contributed by atoms with Gasteiger partial charge in [-0.2, -0.15) is 0 Å². The Bertz CT molecular complexity index is 1440. The lowest BCUT2D eigenvalue weighted by Gasteiger charge is -2.34. The van der Waals surface area contributed by atoms with E-state index >= 15 is 0 Å². The van der Waals surface area contributed by atoms with Gasteiger partial charge in [-0.15, -0.1) is 0 Å². The number of aromatic amines is 1. The van der Waals surface area contributed by atoms with E-state index in [9.17, 15) is 13.6 Å². The molecule has 8 nitrogen and oxygen atoms in total. The number of hydrogen-bond donors (Lipinski definition) is 1. The predicted molar refractivity (Wildman–Crippen MR) is 127 cm³/mol. The Balaban J connectivity index is 1.30. The number of piperidine rings is 1.